The molecule has 0 saturated carbocycles. The highest BCUT2D eigenvalue weighted by molar-refractivity contribution is 5.75. The lowest BCUT2D eigenvalue weighted by Gasteiger charge is -2.09. The lowest BCUT2D eigenvalue weighted by molar-refractivity contribution is 0.573. The first-order valence-electron chi connectivity index (χ1n) is 8.04. The maximum Gasteiger partial charge on any atom is 0.223 e. The molecule has 25 heavy (non-hydrogen) atoms. The van der Waals surface area contributed by atoms with Gasteiger partial charge in [0.15, 0.2) is 5.76 Å². The standard InChI is InChI=1S/C18H17N5O2/c1-4-15(24-10-1)14-12-21-18(22-17(14)16-5-2-11-25-16)20-6-3-8-23-9-7-19-13-23/h1-2,4-5,7,9-13H,3,6,8H2,(H,20,21,22). The Bertz CT molecular complexity index is 899. The van der Waals surface area contributed by atoms with Gasteiger partial charge < -0.3 is 18.7 Å². The Labute approximate surface area is 144 Å². The van der Waals surface area contributed by atoms with Gasteiger partial charge in [-0.1, -0.05) is 0 Å². The smallest absolute Gasteiger partial charge is 0.223 e. The topological polar surface area (TPSA) is 81.9 Å². The minimum absolute atomic E-state index is 0.562. The zero-order chi connectivity index (χ0) is 16.9. The number of hydrogen-bond donors (Lipinski definition) is 1. The number of aromatic nitrogens is 4. The van der Waals surface area contributed by atoms with E-state index < -0.39 is 0 Å². The van der Waals surface area contributed by atoms with E-state index in [9.17, 15) is 0 Å². The van der Waals surface area contributed by atoms with Crippen molar-refractivity contribution in [3.8, 4) is 22.8 Å². The number of furan rings is 2. The van der Waals surface area contributed by atoms with Crippen LogP contribution in [0.1, 0.15) is 6.42 Å². The largest absolute Gasteiger partial charge is 0.464 e. The average molecular weight is 335 g/mol. The molecule has 4 aromatic rings. The SMILES string of the molecule is c1coc(-c2cnc(NCCCn3ccnc3)nc2-c2ccco2)c1. The van der Waals surface area contributed by atoms with Gasteiger partial charge in [-0.15, -0.1) is 0 Å². The van der Waals surface area contributed by atoms with E-state index >= 15 is 0 Å². The van der Waals surface area contributed by atoms with Gasteiger partial charge in [0.25, 0.3) is 0 Å². The highest BCUT2D eigenvalue weighted by Crippen LogP contribution is 2.31. The van der Waals surface area contributed by atoms with E-state index in [1.807, 2.05) is 41.4 Å². The van der Waals surface area contributed by atoms with Crippen molar-refractivity contribution in [3.63, 3.8) is 0 Å². The van der Waals surface area contributed by atoms with Crippen LogP contribution in [0.2, 0.25) is 0 Å². The van der Waals surface area contributed by atoms with Gasteiger partial charge in [0.2, 0.25) is 5.95 Å². The van der Waals surface area contributed by atoms with Crippen LogP contribution in [0.3, 0.4) is 0 Å². The third kappa shape index (κ3) is 3.45. The van der Waals surface area contributed by atoms with E-state index in [2.05, 4.69) is 20.3 Å². The van der Waals surface area contributed by atoms with Gasteiger partial charge in [-0.2, -0.15) is 0 Å². The zero-order valence-corrected chi connectivity index (χ0v) is 13.5. The van der Waals surface area contributed by atoms with Gasteiger partial charge in [0.05, 0.1) is 24.4 Å². The molecule has 0 atom stereocenters. The molecular formula is C18H17N5O2. The second-order valence-electron chi connectivity index (χ2n) is 5.49. The predicted molar refractivity (Wildman–Crippen MR) is 92.8 cm³/mol. The molecule has 0 aromatic carbocycles. The molecule has 4 aromatic heterocycles. The van der Waals surface area contributed by atoms with Crippen molar-refractivity contribution in [2.45, 2.75) is 13.0 Å². The molecule has 0 unspecified atom stereocenters. The van der Waals surface area contributed by atoms with E-state index in [1.54, 1.807) is 24.9 Å². The van der Waals surface area contributed by atoms with E-state index in [4.69, 9.17) is 8.83 Å². The molecule has 0 aliphatic rings. The maximum absolute atomic E-state index is 5.52. The molecule has 0 spiro atoms. The Morgan fingerprint density at radius 3 is 2.64 bits per heavy atom. The molecule has 4 rings (SSSR count). The average Bonchev–Trinajstić information content (AvgIpc) is 3.42. The summed E-state index contributed by atoms with van der Waals surface area (Å²) in [5.74, 6) is 1.95. The van der Waals surface area contributed by atoms with Gasteiger partial charge in [0.1, 0.15) is 11.5 Å². The summed E-state index contributed by atoms with van der Waals surface area (Å²) in [5, 5.41) is 3.25. The molecular weight excluding hydrogens is 318 g/mol. The van der Waals surface area contributed by atoms with Gasteiger partial charge in [-0.05, 0) is 30.7 Å². The molecule has 0 aliphatic heterocycles. The normalized spacial score (nSPS) is 10.9. The first kappa shape index (κ1) is 15.2. The minimum atomic E-state index is 0.562. The van der Waals surface area contributed by atoms with Gasteiger partial charge >= 0.3 is 0 Å². The van der Waals surface area contributed by atoms with Crippen molar-refractivity contribution in [2.75, 3.05) is 11.9 Å². The highest BCUT2D eigenvalue weighted by Gasteiger charge is 2.15. The van der Waals surface area contributed by atoms with Gasteiger partial charge in [-0.25, -0.2) is 15.0 Å². The molecule has 0 bridgehead atoms. The Morgan fingerprint density at radius 2 is 1.92 bits per heavy atom. The number of rotatable bonds is 7. The first-order valence-corrected chi connectivity index (χ1v) is 8.04. The van der Waals surface area contributed by atoms with Crippen LogP contribution in [-0.4, -0.2) is 26.1 Å². The number of nitrogens with zero attached hydrogens (tertiary/aromatic N) is 4. The molecule has 4 heterocycles. The fourth-order valence-electron chi connectivity index (χ4n) is 2.56. The van der Waals surface area contributed by atoms with Gasteiger partial charge in [-0.3, -0.25) is 0 Å². The third-order valence-electron chi connectivity index (χ3n) is 3.77. The minimum Gasteiger partial charge on any atom is -0.464 e. The maximum atomic E-state index is 5.52. The summed E-state index contributed by atoms with van der Waals surface area (Å²) >= 11 is 0. The molecule has 126 valence electrons. The summed E-state index contributed by atoms with van der Waals surface area (Å²) < 4.78 is 13.0. The summed E-state index contributed by atoms with van der Waals surface area (Å²) in [6.07, 6.45) is 11.5. The zero-order valence-electron chi connectivity index (χ0n) is 13.5. The summed E-state index contributed by atoms with van der Waals surface area (Å²) in [7, 11) is 0. The van der Waals surface area contributed by atoms with E-state index in [0.717, 1.165) is 25.1 Å². The molecule has 0 radical (unpaired) electrons. The van der Waals surface area contributed by atoms with Crippen LogP contribution in [-0.2, 0) is 6.54 Å². The van der Waals surface area contributed by atoms with Crippen LogP contribution in [0.5, 0.6) is 0 Å². The predicted octanol–water partition coefficient (Wildman–Crippen LogP) is 3.70. The van der Waals surface area contributed by atoms with E-state index in [0.29, 0.717) is 23.2 Å². The van der Waals surface area contributed by atoms with Crippen LogP contribution < -0.4 is 5.32 Å². The Kier molecular flexibility index (Phi) is 4.28. The van der Waals surface area contributed by atoms with Crippen molar-refractivity contribution in [1.29, 1.82) is 0 Å². The van der Waals surface area contributed by atoms with E-state index in [1.165, 1.54) is 0 Å². The van der Waals surface area contributed by atoms with Gasteiger partial charge in [0, 0.05) is 31.7 Å². The van der Waals surface area contributed by atoms with Crippen molar-refractivity contribution in [1.82, 2.24) is 19.5 Å². The second-order valence-corrected chi connectivity index (χ2v) is 5.49. The number of aryl methyl sites for hydroxylation is 1. The van der Waals surface area contributed by atoms with Crippen LogP contribution in [0.15, 0.2) is 70.5 Å². The van der Waals surface area contributed by atoms with Crippen molar-refractivity contribution < 1.29 is 8.83 Å². The Balaban J connectivity index is 1.50. The number of hydrogen-bond acceptors (Lipinski definition) is 6. The lowest BCUT2D eigenvalue weighted by Crippen LogP contribution is -2.09. The summed E-state index contributed by atoms with van der Waals surface area (Å²) in [6.45, 7) is 1.65. The molecule has 7 nitrogen and oxygen atoms in total. The molecule has 0 aliphatic carbocycles. The molecule has 1 N–H and O–H groups in total. The molecule has 7 heteroatoms. The fraction of sp³-hybridized carbons (Fsp3) is 0.167. The van der Waals surface area contributed by atoms with Crippen molar-refractivity contribution >= 4 is 5.95 Å². The second kappa shape index (κ2) is 7.04. The van der Waals surface area contributed by atoms with Crippen LogP contribution in [0.4, 0.5) is 5.95 Å². The Hall–Kier alpha value is -3.35. The summed E-state index contributed by atoms with van der Waals surface area (Å²) in [4.78, 5) is 13.0. The number of anilines is 1. The van der Waals surface area contributed by atoms with Crippen LogP contribution >= 0.6 is 0 Å². The lowest BCUT2D eigenvalue weighted by atomic mass is 10.1. The molecule has 0 amide bonds. The first-order chi connectivity index (χ1) is 12.4. The summed E-state index contributed by atoms with van der Waals surface area (Å²) in [6, 6.07) is 7.42. The van der Waals surface area contributed by atoms with Crippen molar-refractivity contribution in [2.24, 2.45) is 0 Å². The molecule has 0 fully saturated rings. The quantitative estimate of drug-likeness (QED) is 0.519. The van der Waals surface area contributed by atoms with Crippen LogP contribution in [0, 0.1) is 0 Å². The van der Waals surface area contributed by atoms with Crippen LogP contribution in [0.25, 0.3) is 22.8 Å². The highest BCUT2D eigenvalue weighted by atomic mass is 16.3. The monoisotopic (exact) mass is 335 g/mol. The number of nitrogens with one attached hydrogen (secondary N) is 1. The molecule has 0 saturated heterocycles. The summed E-state index contributed by atoms with van der Waals surface area (Å²) in [5.41, 5.74) is 1.50. The Morgan fingerprint density at radius 1 is 1.08 bits per heavy atom. The van der Waals surface area contributed by atoms with E-state index in [-0.39, 0.29) is 0 Å². The van der Waals surface area contributed by atoms with Crippen molar-refractivity contribution in [3.05, 3.63) is 61.7 Å². The number of imidazole rings is 1. The fourth-order valence-corrected chi connectivity index (χ4v) is 2.56. The third-order valence-corrected chi connectivity index (χ3v) is 3.77.